The van der Waals surface area contributed by atoms with Crippen LogP contribution < -0.4 is 16.8 Å². The van der Waals surface area contributed by atoms with Gasteiger partial charge < -0.3 is 31.5 Å². The monoisotopic (exact) mass is 589 g/mol. The summed E-state index contributed by atoms with van der Waals surface area (Å²) in [7, 11) is 0. The van der Waals surface area contributed by atoms with Gasteiger partial charge >= 0.3 is 0 Å². The molecule has 1 atom stereocenters. The number of carbonyl (C=O) groups excluding carboxylic acids is 1. The van der Waals surface area contributed by atoms with Gasteiger partial charge in [0, 0.05) is 19.2 Å². The van der Waals surface area contributed by atoms with Gasteiger partial charge in [-0.2, -0.15) is 0 Å². The van der Waals surface area contributed by atoms with E-state index in [1.54, 1.807) is 12.1 Å². The van der Waals surface area contributed by atoms with E-state index in [1.165, 1.54) is 6.38 Å². The van der Waals surface area contributed by atoms with Gasteiger partial charge in [0.1, 0.15) is 11.5 Å². The topological polar surface area (TPSA) is 147 Å². The van der Waals surface area contributed by atoms with E-state index in [4.69, 9.17) is 23.1 Å². The van der Waals surface area contributed by atoms with E-state index in [-0.39, 0.29) is 40.0 Å². The number of amides is 1. The van der Waals surface area contributed by atoms with Gasteiger partial charge in [-0.25, -0.2) is 9.97 Å². The molecule has 216 valence electrons. The molecule has 1 amide bonds. The molecule has 0 aliphatic carbocycles. The number of phenols is 2. The zero-order valence-electron chi connectivity index (χ0n) is 22.8. The third-order valence-electron chi connectivity index (χ3n) is 7.26. The van der Waals surface area contributed by atoms with E-state index in [0.29, 0.717) is 0 Å². The van der Waals surface area contributed by atoms with E-state index >= 15 is 0 Å². The van der Waals surface area contributed by atoms with Crippen LogP contribution in [-0.2, 0) is 12.8 Å². The second kappa shape index (κ2) is 14.9. The average Bonchev–Trinajstić information content (AvgIpc) is 2.92. The van der Waals surface area contributed by atoms with Crippen LogP contribution in [0.4, 0.5) is 11.6 Å². The Balaban J connectivity index is 0.00000216. The summed E-state index contributed by atoms with van der Waals surface area (Å²) in [6.07, 6.45) is 6.97. The molecule has 0 bridgehead atoms. The molecule has 1 aliphatic rings. The summed E-state index contributed by atoms with van der Waals surface area (Å²) in [5.74, 6) is 0.110. The van der Waals surface area contributed by atoms with Gasteiger partial charge in [0.2, 0.25) is 0 Å². The summed E-state index contributed by atoms with van der Waals surface area (Å²) >= 11 is 10.6. The van der Waals surface area contributed by atoms with Crippen molar-refractivity contribution >= 4 is 40.7 Å². The smallest absolute Gasteiger partial charge is 0.274 e. The number of quaternary nitrogens is 1. The van der Waals surface area contributed by atoms with Crippen LogP contribution in [0.25, 0.3) is 0 Å². The standard InChI is InChI=1S/C28H35ClN6O3.CH3Cl/c29-25-27(31)34-26(30)24(33-25)28(38)32-21-10-5-15-35(18-21,13-3-8-19-6-1-11-22(36)16-19)14-4-9-20-7-2-12-23(37)17-20;1-2/h1-2,6-7,11-12,16-17,21H,3-5,8-10,13-15,18H2,(H6-,30,31,32,34,36,37,38);1H3/p+1. The Morgan fingerprint density at radius 3 is 2.10 bits per heavy atom. The van der Waals surface area contributed by atoms with Crippen LogP contribution in [0, 0.1) is 0 Å². The lowest BCUT2D eigenvalue weighted by atomic mass is 9.99. The molecule has 1 aromatic heterocycles. The first-order chi connectivity index (χ1) is 19.2. The van der Waals surface area contributed by atoms with Crippen LogP contribution in [0.3, 0.4) is 0 Å². The number of carbonyl (C=O) groups is 1. The number of aryl methyl sites for hydroxylation is 2. The highest BCUT2D eigenvalue weighted by molar-refractivity contribution is 6.31. The number of aromatic hydroxyl groups is 2. The van der Waals surface area contributed by atoms with Crippen LogP contribution in [0.2, 0.25) is 5.15 Å². The number of aromatic nitrogens is 2. The molecule has 4 rings (SSSR count). The van der Waals surface area contributed by atoms with E-state index in [9.17, 15) is 15.0 Å². The third kappa shape index (κ3) is 8.87. The van der Waals surface area contributed by atoms with Gasteiger partial charge in [-0.3, -0.25) is 4.79 Å². The van der Waals surface area contributed by atoms with Crippen molar-refractivity contribution in [2.24, 2.45) is 0 Å². The quantitative estimate of drug-likeness (QED) is 0.172. The average molecular weight is 591 g/mol. The number of anilines is 2. The van der Waals surface area contributed by atoms with Gasteiger partial charge in [-0.05, 0) is 61.1 Å². The summed E-state index contributed by atoms with van der Waals surface area (Å²) in [4.78, 5) is 21.0. The summed E-state index contributed by atoms with van der Waals surface area (Å²) in [5, 5.41) is 22.7. The molecular weight excluding hydrogens is 551 g/mol. The zero-order valence-corrected chi connectivity index (χ0v) is 24.3. The zero-order chi connectivity index (χ0) is 29.1. The van der Waals surface area contributed by atoms with Gasteiger partial charge in [-0.15, -0.1) is 11.6 Å². The van der Waals surface area contributed by atoms with Crippen molar-refractivity contribution in [1.82, 2.24) is 15.3 Å². The second-order valence-electron chi connectivity index (χ2n) is 10.2. The normalized spacial score (nSPS) is 16.0. The molecule has 1 aliphatic heterocycles. The van der Waals surface area contributed by atoms with Crippen molar-refractivity contribution in [3.8, 4) is 11.5 Å². The predicted molar refractivity (Wildman–Crippen MR) is 161 cm³/mol. The number of alkyl halides is 1. The Morgan fingerprint density at radius 2 is 1.55 bits per heavy atom. The highest BCUT2D eigenvalue weighted by Crippen LogP contribution is 2.24. The lowest BCUT2D eigenvalue weighted by Gasteiger charge is -2.45. The molecule has 1 unspecified atom stereocenters. The van der Waals surface area contributed by atoms with E-state index < -0.39 is 5.91 Å². The number of phenolic OH excluding ortho intramolecular Hbond substituents is 2. The van der Waals surface area contributed by atoms with Crippen molar-refractivity contribution in [1.29, 1.82) is 0 Å². The number of benzene rings is 2. The van der Waals surface area contributed by atoms with E-state index in [0.717, 1.165) is 80.3 Å². The Labute approximate surface area is 245 Å². The second-order valence-corrected chi connectivity index (χ2v) is 10.5. The maximum atomic E-state index is 13.0. The van der Waals surface area contributed by atoms with Crippen LogP contribution >= 0.6 is 23.2 Å². The number of hydrogen-bond donors (Lipinski definition) is 5. The number of nitrogen functional groups attached to an aromatic ring is 2. The van der Waals surface area contributed by atoms with Crippen molar-refractivity contribution < 1.29 is 19.5 Å². The molecule has 2 aromatic carbocycles. The fourth-order valence-electron chi connectivity index (χ4n) is 5.48. The summed E-state index contributed by atoms with van der Waals surface area (Å²) in [6.45, 7) is 3.74. The number of nitrogens with one attached hydrogen (secondary N) is 1. The molecule has 11 heteroatoms. The Hall–Kier alpha value is -3.27. The van der Waals surface area contributed by atoms with E-state index in [2.05, 4.69) is 26.9 Å². The van der Waals surface area contributed by atoms with Gasteiger partial charge in [0.25, 0.3) is 5.91 Å². The van der Waals surface area contributed by atoms with E-state index in [1.807, 2.05) is 36.4 Å². The fourth-order valence-corrected chi connectivity index (χ4v) is 5.61. The van der Waals surface area contributed by atoms with Crippen LogP contribution in [0.15, 0.2) is 48.5 Å². The predicted octanol–water partition coefficient (Wildman–Crippen LogP) is 4.54. The number of hydrogen-bond acceptors (Lipinski definition) is 7. The number of rotatable bonds is 10. The number of nitrogens with zero attached hydrogens (tertiary/aromatic N) is 3. The minimum absolute atomic E-state index is 0.00691. The fraction of sp³-hybridized carbons (Fsp3) is 0.414. The number of nitrogens with two attached hydrogens (primary N) is 2. The molecule has 7 N–H and O–H groups in total. The third-order valence-corrected chi connectivity index (χ3v) is 7.54. The maximum Gasteiger partial charge on any atom is 0.274 e. The molecule has 40 heavy (non-hydrogen) atoms. The molecule has 2 heterocycles. The number of likely N-dealkylation sites (tertiary alicyclic amines) is 1. The first-order valence-corrected chi connectivity index (χ1v) is 14.5. The van der Waals surface area contributed by atoms with Crippen molar-refractivity contribution in [2.45, 2.75) is 44.6 Å². The number of halogens is 2. The Kier molecular flexibility index (Phi) is 11.7. The molecule has 9 nitrogen and oxygen atoms in total. The van der Waals surface area contributed by atoms with Gasteiger partial charge in [0.15, 0.2) is 22.5 Å². The first kappa shape index (κ1) is 31.3. The maximum absolute atomic E-state index is 13.0. The van der Waals surface area contributed by atoms with Crippen molar-refractivity contribution in [2.75, 3.05) is 44.0 Å². The van der Waals surface area contributed by atoms with Gasteiger partial charge in [0.05, 0.1) is 32.2 Å². The molecule has 0 radical (unpaired) electrons. The lowest BCUT2D eigenvalue weighted by Crippen LogP contribution is -2.60. The van der Waals surface area contributed by atoms with Crippen LogP contribution in [0.5, 0.6) is 11.5 Å². The highest BCUT2D eigenvalue weighted by Gasteiger charge is 2.35. The molecule has 1 fully saturated rings. The minimum atomic E-state index is -0.401. The van der Waals surface area contributed by atoms with Crippen molar-refractivity contribution in [3.63, 3.8) is 0 Å². The molecular formula is C29H39Cl2N6O3+. The number of piperidine rings is 1. The summed E-state index contributed by atoms with van der Waals surface area (Å²) < 4.78 is 0.881. The molecule has 3 aromatic rings. The highest BCUT2D eigenvalue weighted by atomic mass is 35.5. The summed E-state index contributed by atoms with van der Waals surface area (Å²) in [5.41, 5.74) is 13.8. The SMILES string of the molecule is CCl.Nc1nc(N)c(C(=O)NC2CCC[N+](CCCc3cccc(O)c3)(CCCc3cccc(O)c3)C2)nc1Cl. The first-order valence-electron chi connectivity index (χ1n) is 13.4. The van der Waals surface area contributed by atoms with Crippen LogP contribution in [0.1, 0.15) is 47.3 Å². The lowest BCUT2D eigenvalue weighted by molar-refractivity contribution is -0.933. The molecule has 1 saturated heterocycles. The van der Waals surface area contributed by atoms with Gasteiger partial charge in [-0.1, -0.05) is 35.9 Å². The summed E-state index contributed by atoms with van der Waals surface area (Å²) in [6, 6.07) is 14.8. The Morgan fingerprint density at radius 1 is 0.975 bits per heavy atom. The van der Waals surface area contributed by atoms with Crippen molar-refractivity contribution in [3.05, 3.63) is 70.5 Å². The minimum Gasteiger partial charge on any atom is -0.508 e. The Bertz CT molecular complexity index is 1220. The largest absolute Gasteiger partial charge is 0.508 e. The molecule has 0 spiro atoms. The van der Waals surface area contributed by atoms with Crippen LogP contribution in [-0.4, -0.2) is 69.2 Å². The molecule has 0 saturated carbocycles.